The Labute approximate surface area is 198 Å². The lowest BCUT2D eigenvalue weighted by atomic mass is 9.92. The molecule has 4 atom stereocenters. The van der Waals surface area contributed by atoms with Crippen LogP contribution in [0.1, 0.15) is 17.0 Å². The summed E-state index contributed by atoms with van der Waals surface area (Å²) in [5.41, 5.74) is 8.50. The van der Waals surface area contributed by atoms with E-state index in [0.717, 1.165) is 5.56 Å². The van der Waals surface area contributed by atoms with Crippen LogP contribution in [0.4, 0.5) is 0 Å². The number of nitrogen functional groups attached to an aromatic ring is 1. The molecule has 0 amide bonds. The molecule has 0 aromatic heterocycles. The van der Waals surface area contributed by atoms with Crippen LogP contribution in [0.5, 0.6) is 5.75 Å². The fourth-order valence-corrected chi connectivity index (χ4v) is 5.39. The number of primary sulfonamides is 1. The summed E-state index contributed by atoms with van der Waals surface area (Å²) < 4.78 is 42.4. The van der Waals surface area contributed by atoms with Gasteiger partial charge >= 0.3 is 0 Å². The number of amidine groups is 1. The molecule has 2 heterocycles. The smallest absolute Gasteiger partial charge is 0.238 e. The maximum absolute atomic E-state index is 12.0. The largest absolute Gasteiger partial charge is 0.485 e. The Hall–Kier alpha value is -3.24. The van der Waals surface area contributed by atoms with Crippen molar-refractivity contribution < 1.29 is 22.6 Å². The SMILES string of the molecule is N=C(N)c1ccc([C@H]2CO[C@H]3[C@@H]2OC[C@H]3Oc2cccc(-c3ccccc3S(N)(=O)=O)c2)cc1. The van der Waals surface area contributed by atoms with E-state index in [2.05, 4.69) is 0 Å². The molecule has 176 valence electrons. The van der Waals surface area contributed by atoms with Gasteiger partial charge in [-0.25, -0.2) is 13.6 Å². The molecule has 5 N–H and O–H groups in total. The van der Waals surface area contributed by atoms with E-state index in [-0.39, 0.29) is 35.0 Å². The van der Waals surface area contributed by atoms with E-state index >= 15 is 0 Å². The topological polar surface area (TPSA) is 138 Å². The summed E-state index contributed by atoms with van der Waals surface area (Å²) in [4.78, 5) is 0.0640. The summed E-state index contributed by atoms with van der Waals surface area (Å²) >= 11 is 0. The van der Waals surface area contributed by atoms with Gasteiger partial charge in [-0.1, -0.05) is 54.6 Å². The minimum absolute atomic E-state index is 0.0339. The maximum atomic E-state index is 12.0. The zero-order chi connectivity index (χ0) is 23.9. The molecule has 0 aliphatic carbocycles. The highest BCUT2D eigenvalue weighted by Crippen LogP contribution is 2.39. The van der Waals surface area contributed by atoms with Gasteiger partial charge in [-0.05, 0) is 29.3 Å². The Bertz CT molecular complexity index is 1330. The van der Waals surface area contributed by atoms with Crippen LogP contribution in [0.2, 0.25) is 0 Å². The normalized spacial score (nSPS) is 24.0. The van der Waals surface area contributed by atoms with Gasteiger partial charge < -0.3 is 19.9 Å². The van der Waals surface area contributed by atoms with Crippen molar-refractivity contribution in [1.82, 2.24) is 0 Å². The van der Waals surface area contributed by atoms with Crippen molar-refractivity contribution in [2.45, 2.75) is 29.1 Å². The standard InChI is InChI=1S/C25H25N3O5S/c26-25(27)16-10-8-15(9-11-16)20-13-31-24-21(14-32-23(20)24)33-18-5-3-4-17(12-18)19-6-1-2-7-22(19)34(28,29)30/h1-12,20-21,23-24H,13-14H2,(H3,26,27)(H2,28,29,30)/t20-,21-,23-,24-/m1/s1. The number of ether oxygens (including phenoxy) is 3. The third-order valence-electron chi connectivity index (χ3n) is 6.28. The van der Waals surface area contributed by atoms with Crippen LogP contribution in [0.15, 0.2) is 77.7 Å². The first-order valence-corrected chi connectivity index (χ1v) is 12.4. The quantitative estimate of drug-likeness (QED) is 0.367. The Morgan fingerprint density at radius 1 is 0.941 bits per heavy atom. The van der Waals surface area contributed by atoms with Crippen molar-refractivity contribution in [2.75, 3.05) is 13.2 Å². The number of hydrogen-bond donors (Lipinski definition) is 3. The molecule has 2 aliphatic rings. The Morgan fingerprint density at radius 3 is 2.41 bits per heavy atom. The van der Waals surface area contributed by atoms with Crippen LogP contribution < -0.4 is 15.6 Å². The van der Waals surface area contributed by atoms with Crippen LogP contribution in [0.25, 0.3) is 11.1 Å². The number of hydrogen-bond acceptors (Lipinski definition) is 6. The van der Waals surface area contributed by atoms with E-state index in [1.165, 1.54) is 6.07 Å². The molecule has 0 radical (unpaired) electrons. The van der Waals surface area contributed by atoms with Gasteiger partial charge in [0.15, 0.2) is 6.10 Å². The molecule has 8 nitrogen and oxygen atoms in total. The van der Waals surface area contributed by atoms with Crippen LogP contribution >= 0.6 is 0 Å². The Morgan fingerprint density at radius 2 is 1.68 bits per heavy atom. The van der Waals surface area contributed by atoms with E-state index in [1.807, 2.05) is 42.5 Å². The molecule has 0 bridgehead atoms. The fourth-order valence-electron chi connectivity index (χ4n) is 4.63. The molecule has 34 heavy (non-hydrogen) atoms. The van der Waals surface area contributed by atoms with Crippen molar-refractivity contribution >= 4 is 15.9 Å². The van der Waals surface area contributed by atoms with Crippen LogP contribution in [-0.4, -0.2) is 45.8 Å². The van der Waals surface area contributed by atoms with Gasteiger partial charge in [0.05, 0.1) is 24.2 Å². The van der Waals surface area contributed by atoms with E-state index < -0.39 is 10.0 Å². The molecule has 0 unspecified atom stereocenters. The Balaban J connectivity index is 1.33. The second-order valence-electron chi connectivity index (χ2n) is 8.46. The fraction of sp³-hybridized carbons (Fsp3) is 0.240. The summed E-state index contributed by atoms with van der Waals surface area (Å²) in [5.74, 6) is 0.688. The number of rotatable bonds is 6. The van der Waals surface area contributed by atoms with Gasteiger partial charge in [0.25, 0.3) is 0 Å². The molecule has 2 fully saturated rings. The first-order chi connectivity index (χ1) is 16.3. The highest BCUT2D eigenvalue weighted by molar-refractivity contribution is 7.89. The molecule has 9 heteroatoms. The zero-order valence-corrected chi connectivity index (χ0v) is 19.1. The predicted molar refractivity (Wildman–Crippen MR) is 127 cm³/mol. The maximum Gasteiger partial charge on any atom is 0.238 e. The van der Waals surface area contributed by atoms with E-state index in [1.54, 1.807) is 24.3 Å². The van der Waals surface area contributed by atoms with E-state index in [4.69, 9.17) is 30.5 Å². The molecule has 3 aromatic rings. The minimum atomic E-state index is -3.87. The summed E-state index contributed by atoms with van der Waals surface area (Å²) in [6, 6.07) is 21.4. The predicted octanol–water partition coefficient (Wildman–Crippen LogP) is 2.61. The van der Waals surface area contributed by atoms with Crippen molar-refractivity contribution in [2.24, 2.45) is 10.9 Å². The molecule has 2 aliphatic heterocycles. The average molecular weight is 480 g/mol. The van der Waals surface area contributed by atoms with Crippen molar-refractivity contribution in [3.8, 4) is 16.9 Å². The number of fused-ring (bicyclic) bond motifs is 1. The monoisotopic (exact) mass is 479 g/mol. The van der Waals surface area contributed by atoms with Gasteiger partial charge in [-0.2, -0.15) is 0 Å². The second kappa shape index (κ2) is 8.84. The number of benzene rings is 3. The summed E-state index contributed by atoms with van der Waals surface area (Å²) in [5, 5.41) is 13.0. The van der Waals surface area contributed by atoms with Gasteiger partial charge in [-0.3, -0.25) is 5.41 Å². The molecule has 0 spiro atoms. The highest BCUT2D eigenvalue weighted by Gasteiger charge is 2.49. The lowest BCUT2D eigenvalue weighted by Gasteiger charge is -2.19. The lowest BCUT2D eigenvalue weighted by Crippen LogP contribution is -2.33. The van der Waals surface area contributed by atoms with Crippen LogP contribution in [0, 0.1) is 5.41 Å². The summed E-state index contributed by atoms with van der Waals surface area (Å²) in [6.45, 7) is 0.895. The number of nitrogens with one attached hydrogen (secondary N) is 1. The van der Waals surface area contributed by atoms with Crippen molar-refractivity contribution in [3.63, 3.8) is 0 Å². The van der Waals surface area contributed by atoms with Crippen LogP contribution in [0.3, 0.4) is 0 Å². The van der Waals surface area contributed by atoms with Gasteiger partial charge in [0.1, 0.15) is 17.7 Å². The first-order valence-electron chi connectivity index (χ1n) is 10.9. The highest BCUT2D eigenvalue weighted by atomic mass is 32.2. The average Bonchev–Trinajstić information content (AvgIpc) is 3.42. The molecular formula is C25H25N3O5S. The van der Waals surface area contributed by atoms with Gasteiger partial charge in [0, 0.05) is 17.0 Å². The summed E-state index contributed by atoms with van der Waals surface area (Å²) in [7, 11) is -3.87. The second-order valence-corrected chi connectivity index (χ2v) is 9.99. The minimum Gasteiger partial charge on any atom is -0.485 e. The van der Waals surface area contributed by atoms with E-state index in [0.29, 0.717) is 35.7 Å². The third kappa shape index (κ3) is 4.30. The van der Waals surface area contributed by atoms with Gasteiger partial charge in [-0.15, -0.1) is 0 Å². The van der Waals surface area contributed by atoms with Gasteiger partial charge in [0.2, 0.25) is 10.0 Å². The molecule has 0 saturated carbocycles. The number of sulfonamides is 1. The van der Waals surface area contributed by atoms with Crippen molar-refractivity contribution in [1.29, 1.82) is 5.41 Å². The van der Waals surface area contributed by atoms with Crippen molar-refractivity contribution in [3.05, 3.63) is 83.9 Å². The first kappa shape index (κ1) is 22.5. The molecule has 3 aromatic carbocycles. The van der Waals surface area contributed by atoms with Crippen LogP contribution in [-0.2, 0) is 19.5 Å². The third-order valence-corrected chi connectivity index (χ3v) is 7.25. The zero-order valence-electron chi connectivity index (χ0n) is 18.3. The summed E-state index contributed by atoms with van der Waals surface area (Å²) in [6.07, 6.45) is -0.660. The molecular weight excluding hydrogens is 454 g/mol. The lowest BCUT2D eigenvalue weighted by molar-refractivity contribution is 0.0305. The Kier molecular flexibility index (Phi) is 5.86. The molecule has 2 saturated heterocycles. The van der Waals surface area contributed by atoms with E-state index in [9.17, 15) is 8.42 Å². The molecule has 5 rings (SSSR count). The number of nitrogens with two attached hydrogens (primary N) is 2.